The average Bonchev–Trinajstić information content (AvgIpc) is 2.61. The van der Waals surface area contributed by atoms with E-state index in [2.05, 4.69) is 10.6 Å². The van der Waals surface area contributed by atoms with Crippen LogP contribution in [0.4, 0.5) is 17.1 Å². The first-order valence-corrected chi connectivity index (χ1v) is 7.82. The van der Waals surface area contributed by atoms with Crippen molar-refractivity contribution in [3.05, 3.63) is 63.2 Å². The van der Waals surface area contributed by atoms with E-state index in [4.69, 9.17) is 4.74 Å². The number of carbonyl (C=O) groups excluding carboxylic acids is 2. The largest absolute Gasteiger partial charge is 0.452 e. The SMILES string of the molecule is CNc1ccc([N+](=O)[O-])cc1C(=O)OCC(=O)Nc1ccc(C)cc1C. The van der Waals surface area contributed by atoms with Crippen LogP contribution in [0.15, 0.2) is 36.4 Å². The van der Waals surface area contributed by atoms with Crippen LogP contribution < -0.4 is 10.6 Å². The molecule has 2 aromatic rings. The Kier molecular flexibility index (Phi) is 5.90. The van der Waals surface area contributed by atoms with Gasteiger partial charge in [-0.15, -0.1) is 0 Å². The van der Waals surface area contributed by atoms with E-state index < -0.39 is 23.4 Å². The van der Waals surface area contributed by atoms with Crippen molar-refractivity contribution in [1.29, 1.82) is 0 Å². The van der Waals surface area contributed by atoms with Gasteiger partial charge in [0.25, 0.3) is 11.6 Å². The zero-order chi connectivity index (χ0) is 19.3. The fourth-order valence-electron chi connectivity index (χ4n) is 2.38. The molecule has 26 heavy (non-hydrogen) atoms. The van der Waals surface area contributed by atoms with Gasteiger partial charge in [0.05, 0.1) is 10.5 Å². The molecule has 136 valence electrons. The Morgan fingerprint density at radius 2 is 1.81 bits per heavy atom. The highest BCUT2D eigenvalue weighted by atomic mass is 16.6. The first-order valence-electron chi connectivity index (χ1n) is 7.82. The summed E-state index contributed by atoms with van der Waals surface area (Å²) in [6.45, 7) is 3.30. The molecule has 2 aromatic carbocycles. The highest BCUT2D eigenvalue weighted by Crippen LogP contribution is 2.22. The van der Waals surface area contributed by atoms with Crippen LogP contribution in [0, 0.1) is 24.0 Å². The molecule has 0 aliphatic heterocycles. The molecule has 2 rings (SSSR count). The summed E-state index contributed by atoms with van der Waals surface area (Å²) in [7, 11) is 1.57. The van der Waals surface area contributed by atoms with Crippen molar-refractivity contribution in [3.63, 3.8) is 0 Å². The van der Waals surface area contributed by atoms with Gasteiger partial charge in [0.2, 0.25) is 0 Å². The number of nitrogens with zero attached hydrogens (tertiary/aromatic N) is 1. The second kappa shape index (κ2) is 8.11. The molecule has 0 fully saturated rings. The van der Waals surface area contributed by atoms with Crippen molar-refractivity contribution in [2.24, 2.45) is 0 Å². The molecule has 0 spiro atoms. The number of esters is 1. The van der Waals surface area contributed by atoms with Gasteiger partial charge in [-0.3, -0.25) is 14.9 Å². The minimum absolute atomic E-state index is 0.0129. The predicted octanol–water partition coefficient (Wildman–Crippen LogP) is 3.05. The van der Waals surface area contributed by atoms with Crippen LogP contribution in [0.5, 0.6) is 0 Å². The Bertz CT molecular complexity index is 864. The molecular formula is C18H19N3O5. The molecule has 2 N–H and O–H groups in total. The van der Waals surface area contributed by atoms with Crippen LogP contribution in [0.3, 0.4) is 0 Å². The summed E-state index contributed by atoms with van der Waals surface area (Å²) in [5.41, 5.74) is 2.70. The number of nitro groups is 1. The first-order chi connectivity index (χ1) is 12.3. The van der Waals surface area contributed by atoms with Crippen LogP contribution in [0.2, 0.25) is 0 Å². The Labute approximate surface area is 150 Å². The maximum Gasteiger partial charge on any atom is 0.341 e. The van der Waals surface area contributed by atoms with E-state index in [1.54, 1.807) is 13.1 Å². The second-order valence-corrected chi connectivity index (χ2v) is 5.68. The Hall–Kier alpha value is -3.42. The topological polar surface area (TPSA) is 111 Å². The lowest BCUT2D eigenvalue weighted by molar-refractivity contribution is -0.384. The van der Waals surface area contributed by atoms with Crippen LogP contribution in [0.25, 0.3) is 0 Å². The van der Waals surface area contributed by atoms with Crippen molar-refractivity contribution < 1.29 is 19.2 Å². The molecule has 8 nitrogen and oxygen atoms in total. The lowest BCUT2D eigenvalue weighted by Gasteiger charge is -2.11. The summed E-state index contributed by atoms with van der Waals surface area (Å²) in [5.74, 6) is -1.32. The molecule has 0 saturated heterocycles. The van der Waals surface area contributed by atoms with Gasteiger partial charge in [0.1, 0.15) is 0 Å². The number of rotatable bonds is 6. The molecular weight excluding hydrogens is 338 g/mol. The van der Waals surface area contributed by atoms with Crippen LogP contribution in [0.1, 0.15) is 21.5 Å². The van der Waals surface area contributed by atoms with Crippen LogP contribution in [-0.2, 0) is 9.53 Å². The molecule has 0 aromatic heterocycles. The summed E-state index contributed by atoms with van der Waals surface area (Å²) in [6, 6.07) is 9.33. The number of hydrogen-bond donors (Lipinski definition) is 2. The maximum atomic E-state index is 12.2. The first kappa shape index (κ1) is 18.9. The van der Waals surface area contributed by atoms with Crippen LogP contribution >= 0.6 is 0 Å². The summed E-state index contributed by atoms with van der Waals surface area (Å²) in [6.07, 6.45) is 0. The summed E-state index contributed by atoms with van der Waals surface area (Å²) in [4.78, 5) is 34.5. The molecule has 0 unspecified atom stereocenters. The van der Waals surface area contributed by atoms with Gasteiger partial charge in [0, 0.05) is 30.6 Å². The normalized spacial score (nSPS) is 10.1. The third kappa shape index (κ3) is 4.56. The number of benzene rings is 2. The molecule has 0 radical (unpaired) electrons. The predicted molar refractivity (Wildman–Crippen MR) is 97.5 cm³/mol. The lowest BCUT2D eigenvalue weighted by atomic mass is 10.1. The number of ether oxygens (including phenoxy) is 1. The van der Waals surface area contributed by atoms with Crippen molar-refractivity contribution in [3.8, 4) is 0 Å². The maximum absolute atomic E-state index is 12.2. The fraction of sp³-hybridized carbons (Fsp3) is 0.222. The van der Waals surface area contributed by atoms with Gasteiger partial charge >= 0.3 is 5.97 Å². The number of aryl methyl sites for hydroxylation is 2. The molecule has 8 heteroatoms. The van der Waals surface area contributed by atoms with Crippen molar-refractivity contribution in [2.45, 2.75) is 13.8 Å². The molecule has 0 aliphatic rings. The monoisotopic (exact) mass is 357 g/mol. The van der Waals surface area contributed by atoms with Gasteiger partial charge < -0.3 is 15.4 Å². The third-order valence-corrected chi connectivity index (χ3v) is 3.69. The molecule has 0 atom stereocenters. The van der Waals surface area contributed by atoms with E-state index in [1.807, 2.05) is 26.0 Å². The van der Waals surface area contributed by atoms with Crippen LogP contribution in [-0.4, -0.2) is 30.5 Å². The van der Waals surface area contributed by atoms with Gasteiger partial charge in [-0.25, -0.2) is 4.79 Å². The van der Waals surface area contributed by atoms with Gasteiger partial charge in [-0.1, -0.05) is 17.7 Å². The Balaban J connectivity index is 2.05. The van der Waals surface area contributed by atoms with E-state index >= 15 is 0 Å². The van der Waals surface area contributed by atoms with Gasteiger partial charge in [0.15, 0.2) is 6.61 Å². The Morgan fingerprint density at radius 1 is 1.12 bits per heavy atom. The minimum Gasteiger partial charge on any atom is -0.452 e. The lowest BCUT2D eigenvalue weighted by Crippen LogP contribution is -2.21. The fourth-order valence-corrected chi connectivity index (χ4v) is 2.38. The smallest absolute Gasteiger partial charge is 0.341 e. The zero-order valence-electron chi connectivity index (χ0n) is 14.7. The van der Waals surface area contributed by atoms with E-state index in [0.29, 0.717) is 11.4 Å². The van der Waals surface area contributed by atoms with E-state index in [1.165, 1.54) is 12.1 Å². The number of hydrogen-bond acceptors (Lipinski definition) is 6. The van der Waals surface area contributed by atoms with Crippen molar-refractivity contribution in [1.82, 2.24) is 0 Å². The zero-order valence-corrected chi connectivity index (χ0v) is 14.7. The number of nitro benzene ring substituents is 1. The molecule has 1 amide bonds. The molecule has 0 aliphatic carbocycles. The number of non-ortho nitro benzene ring substituents is 1. The number of carbonyl (C=O) groups is 2. The summed E-state index contributed by atoms with van der Waals surface area (Å²) >= 11 is 0. The van der Waals surface area contributed by atoms with Gasteiger partial charge in [-0.05, 0) is 31.5 Å². The number of anilines is 2. The average molecular weight is 357 g/mol. The molecule has 0 heterocycles. The highest BCUT2D eigenvalue weighted by Gasteiger charge is 2.18. The molecule has 0 saturated carbocycles. The minimum atomic E-state index is -0.825. The number of nitrogens with one attached hydrogen (secondary N) is 2. The summed E-state index contributed by atoms with van der Waals surface area (Å²) < 4.78 is 4.99. The van der Waals surface area contributed by atoms with Crippen molar-refractivity contribution >= 4 is 28.9 Å². The quantitative estimate of drug-likeness (QED) is 0.467. The third-order valence-electron chi connectivity index (χ3n) is 3.69. The molecule has 0 bridgehead atoms. The highest BCUT2D eigenvalue weighted by molar-refractivity contribution is 5.99. The van der Waals surface area contributed by atoms with Gasteiger partial charge in [-0.2, -0.15) is 0 Å². The van der Waals surface area contributed by atoms with Crippen molar-refractivity contribution in [2.75, 3.05) is 24.3 Å². The Morgan fingerprint density at radius 3 is 2.42 bits per heavy atom. The van der Waals surface area contributed by atoms with E-state index in [0.717, 1.165) is 17.2 Å². The standard InChI is InChI=1S/C18H19N3O5/c1-11-4-6-15(12(2)8-11)20-17(22)10-26-18(23)14-9-13(21(24)25)5-7-16(14)19-3/h4-9,19H,10H2,1-3H3,(H,20,22). The van der Waals surface area contributed by atoms with E-state index in [-0.39, 0.29) is 11.3 Å². The summed E-state index contributed by atoms with van der Waals surface area (Å²) in [5, 5.41) is 16.3. The number of amides is 1. The second-order valence-electron chi connectivity index (χ2n) is 5.68. The van der Waals surface area contributed by atoms with E-state index in [9.17, 15) is 19.7 Å².